The number of carbonyl (C=O) groups excluding carboxylic acids is 2. The van der Waals surface area contributed by atoms with E-state index in [2.05, 4.69) is 19.2 Å². The molecule has 0 saturated heterocycles. The highest BCUT2D eigenvalue weighted by Crippen LogP contribution is 2.25. The first-order valence-corrected chi connectivity index (χ1v) is 10.7. The number of nitrogens with one attached hydrogen (secondary N) is 1. The van der Waals surface area contributed by atoms with Crippen molar-refractivity contribution in [1.29, 1.82) is 0 Å². The molecule has 1 unspecified atom stereocenters. The normalized spacial score (nSPS) is 12.4. The van der Waals surface area contributed by atoms with Gasteiger partial charge < -0.3 is 24.3 Å². The molecule has 0 radical (unpaired) electrons. The summed E-state index contributed by atoms with van der Waals surface area (Å²) in [6.45, 7) is 4.93. The van der Waals surface area contributed by atoms with Crippen LogP contribution < -0.4 is 19.5 Å². The molecule has 0 fully saturated rings. The molecule has 0 aliphatic carbocycles. The van der Waals surface area contributed by atoms with E-state index in [1.807, 2.05) is 0 Å². The van der Waals surface area contributed by atoms with Gasteiger partial charge in [0, 0.05) is 11.6 Å². The number of rotatable bonds is 12. The van der Waals surface area contributed by atoms with Crippen LogP contribution >= 0.6 is 0 Å². The van der Waals surface area contributed by atoms with Crippen LogP contribution in [-0.2, 0) is 20.7 Å². The van der Waals surface area contributed by atoms with Crippen molar-refractivity contribution in [3.05, 3.63) is 53.6 Å². The maximum absolute atomic E-state index is 12.7. The molecule has 0 aliphatic rings. The van der Waals surface area contributed by atoms with Crippen molar-refractivity contribution in [2.45, 2.75) is 39.2 Å². The highest BCUT2D eigenvalue weighted by atomic mass is 16.5. The van der Waals surface area contributed by atoms with Crippen molar-refractivity contribution in [3.63, 3.8) is 0 Å². The summed E-state index contributed by atoms with van der Waals surface area (Å²) in [6.07, 6.45) is 2.26. The molecule has 0 bridgehead atoms. The van der Waals surface area contributed by atoms with Gasteiger partial charge in [0.15, 0.2) is 6.04 Å². The van der Waals surface area contributed by atoms with Gasteiger partial charge in [-0.15, -0.1) is 0 Å². The van der Waals surface area contributed by atoms with Crippen LogP contribution in [0.25, 0.3) is 0 Å². The molecule has 2 atom stereocenters. The highest BCUT2D eigenvalue weighted by molar-refractivity contribution is 5.87. The van der Waals surface area contributed by atoms with Crippen molar-refractivity contribution in [2.75, 3.05) is 27.9 Å². The van der Waals surface area contributed by atoms with Crippen LogP contribution in [0.15, 0.2) is 42.5 Å². The summed E-state index contributed by atoms with van der Waals surface area (Å²) in [5.74, 6) is 1.46. The van der Waals surface area contributed by atoms with Crippen LogP contribution in [-0.4, -0.2) is 39.8 Å². The summed E-state index contributed by atoms with van der Waals surface area (Å²) in [5.41, 5.74) is 1.29. The number of hydrogen-bond donors (Lipinski definition) is 1. The average molecular weight is 444 g/mol. The fourth-order valence-corrected chi connectivity index (χ4v) is 3.35. The van der Waals surface area contributed by atoms with Gasteiger partial charge in [0.2, 0.25) is 5.91 Å². The standard InChI is InChI=1S/C25H33NO6/c1-6-7-17(2)16-32-20-11-8-18(9-12-20)24(25(28)31-5)26-23(27)14-19-10-13-21(29-3)15-22(19)30-4/h8-13,15,17,24H,6-7,14,16H2,1-5H3,(H,26,27)/t17?,24-/m1/s1. The van der Waals surface area contributed by atoms with Gasteiger partial charge in [-0.3, -0.25) is 4.79 Å². The van der Waals surface area contributed by atoms with E-state index in [9.17, 15) is 9.59 Å². The second-order valence-electron chi connectivity index (χ2n) is 7.65. The number of carbonyl (C=O) groups is 2. The zero-order valence-corrected chi connectivity index (χ0v) is 19.5. The second kappa shape index (κ2) is 12.6. The van der Waals surface area contributed by atoms with Gasteiger partial charge >= 0.3 is 5.97 Å². The van der Waals surface area contributed by atoms with E-state index in [1.165, 1.54) is 14.2 Å². The van der Waals surface area contributed by atoms with Crippen LogP contribution in [0, 0.1) is 5.92 Å². The smallest absolute Gasteiger partial charge is 0.333 e. The summed E-state index contributed by atoms with van der Waals surface area (Å²) < 4.78 is 21.3. The van der Waals surface area contributed by atoms with E-state index in [0.29, 0.717) is 35.2 Å². The fourth-order valence-electron chi connectivity index (χ4n) is 3.35. The number of amides is 1. The number of benzene rings is 2. The van der Waals surface area contributed by atoms with Gasteiger partial charge in [-0.05, 0) is 36.1 Å². The molecule has 2 aromatic rings. The van der Waals surface area contributed by atoms with E-state index in [-0.39, 0.29) is 12.3 Å². The minimum absolute atomic E-state index is 0.0389. The first-order valence-electron chi connectivity index (χ1n) is 10.7. The molecule has 32 heavy (non-hydrogen) atoms. The van der Waals surface area contributed by atoms with Gasteiger partial charge in [-0.2, -0.15) is 0 Å². The zero-order chi connectivity index (χ0) is 23.5. The van der Waals surface area contributed by atoms with Crippen LogP contribution in [0.3, 0.4) is 0 Å². The maximum atomic E-state index is 12.7. The maximum Gasteiger partial charge on any atom is 0.333 e. The number of hydrogen-bond acceptors (Lipinski definition) is 6. The monoisotopic (exact) mass is 443 g/mol. The minimum atomic E-state index is -0.926. The molecule has 174 valence electrons. The Kier molecular flexibility index (Phi) is 9.85. The Morgan fingerprint density at radius 1 is 0.969 bits per heavy atom. The molecule has 0 aliphatic heterocycles. The quantitative estimate of drug-likeness (QED) is 0.498. The van der Waals surface area contributed by atoms with E-state index in [0.717, 1.165) is 18.6 Å². The highest BCUT2D eigenvalue weighted by Gasteiger charge is 2.24. The first-order chi connectivity index (χ1) is 15.4. The Balaban J connectivity index is 2.08. The van der Waals surface area contributed by atoms with Crippen molar-refractivity contribution in [3.8, 4) is 17.2 Å². The Morgan fingerprint density at radius 3 is 2.25 bits per heavy atom. The van der Waals surface area contributed by atoms with Crippen LogP contribution in [0.5, 0.6) is 17.2 Å². The molecule has 1 N–H and O–H groups in total. The number of ether oxygens (including phenoxy) is 4. The van der Waals surface area contributed by atoms with Gasteiger partial charge in [0.25, 0.3) is 0 Å². The fraction of sp³-hybridized carbons (Fsp3) is 0.440. The third kappa shape index (κ3) is 7.18. The predicted molar refractivity (Wildman–Crippen MR) is 122 cm³/mol. The molecular weight excluding hydrogens is 410 g/mol. The Bertz CT molecular complexity index is 881. The Morgan fingerprint density at radius 2 is 1.66 bits per heavy atom. The minimum Gasteiger partial charge on any atom is -0.497 e. The molecular formula is C25H33NO6. The SMILES string of the molecule is CCCC(C)COc1ccc([C@@H](NC(=O)Cc2ccc(OC)cc2OC)C(=O)OC)cc1. The molecule has 0 aromatic heterocycles. The van der Waals surface area contributed by atoms with Crippen molar-refractivity contribution in [1.82, 2.24) is 5.32 Å². The molecule has 2 rings (SSSR count). The lowest BCUT2D eigenvalue weighted by Crippen LogP contribution is -2.35. The van der Waals surface area contributed by atoms with E-state index in [4.69, 9.17) is 18.9 Å². The topological polar surface area (TPSA) is 83.1 Å². The van der Waals surface area contributed by atoms with Crippen LogP contribution in [0.2, 0.25) is 0 Å². The predicted octanol–water partition coefficient (Wildman–Crippen LogP) is 4.09. The summed E-state index contributed by atoms with van der Waals surface area (Å²) in [5, 5.41) is 2.76. The van der Waals surface area contributed by atoms with E-state index < -0.39 is 12.0 Å². The average Bonchev–Trinajstić information content (AvgIpc) is 2.81. The van der Waals surface area contributed by atoms with E-state index >= 15 is 0 Å². The molecule has 2 aromatic carbocycles. The van der Waals surface area contributed by atoms with Crippen molar-refractivity contribution >= 4 is 11.9 Å². The number of esters is 1. The van der Waals surface area contributed by atoms with Gasteiger partial charge in [-0.1, -0.05) is 38.5 Å². The molecule has 0 spiro atoms. The lowest BCUT2D eigenvalue weighted by atomic mass is 10.1. The molecule has 0 saturated carbocycles. The molecule has 7 nitrogen and oxygen atoms in total. The third-order valence-corrected chi connectivity index (χ3v) is 5.12. The Hall–Kier alpha value is -3.22. The summed E-state index contributed by atoms with van der Waals surface area (Å²) in [7, 11) is 4.38. The second-order valence-corrected chi connectivity index (χ2v) is 7.65. The summed E-state index contributed by atoms with van der Waals surface area (Å²) in [6, 6.07) is 11.4. The van der Waals surface area contributed by atoms with Gasteiger partial charge in [-0.25, -0.2) is 4.79 Å². The first kappa shape index (κ1) is 25.0. The molecule has 1 amide bonds. The van der Waals surface area contributed by atoms with Crippen molar-refractivity contribution in [2.24, 2.45) is 5.92 Å². The van der Waals surface area contributed by atoms with Crippen molar-refractivity contribution < 1.29 is 28.5 Å². The molecule has 0 heterocycles. The lowest BCUT2D eigenvalue weighted by Gasteiger charge is -2.18. The zero-order valence-electron chi connectivity index (χ0n) is 19.5. The molecule has 7 heteroatoms. The lowest BCUT2D eigenvalue weighted by molar-refractivity contribution is -0.145. The number of methoxy groups -OCH3 is 3. The van der Waals surface area contributed by atoms with Gasteiger partial charge in [0.1, 0.15) is 17.2 Å². The summed E-state index contributed by atoms with van der Waals surface area (Å²) >= 11 is 0. The van der Waals surface area contributed by atoms with Crippen LogP contribution in [0.1, 0.15) is 43.9 Å². The largest absolute Gasteiger partial charge is 0.497 e. The summed E-state index contributed by atoms with van der Waals surface area (Å²) in [4.78, 5) is 25.1. The van der Waals surface area contributed by atoms with Gasteiger partial charge in [0.05, 0.1) is 34.4 Å². The third-order valence-electron chi connectivity index (χ3n) is 5.12. The van der Waals surface area contributed by atoms with E-state index in [1.54, 1.807) is 49.6 Å². The Labute approximate surface area is 190 Å². The van der Waals surface area contributed by atoms with Crippen LogP contribution in [0.4, 0.5) is 0 Å².